The number of fused-ring (bicyclic) bond motifs is 2. The Bertz CT molecular complexity index is 1130. The van der Waals surface area contributed by atoms with Crippen molar-refractivity contribution in [2.24, 2.45) is 0 Å². The van der Waals surface area contributed by atoms with Crippen molar-refractivity contribution in [1.82, 2.24) is 31.9 Å². The highest BCUT2D eigenvalue weighted by Gasteiger charge is 2.43. The Balaban J connectivity index is 0.743. The van der Waals surface area contributed by atoms with Crippen LogP contribution in [0.3, 0.4) is 0 Å². The van der Waals surface area contributed by atoms with Crippen LogP contribution < -0.4 is 31.9 Å². The van der Waals surface area contributed by atoms with Crippen molar-refractivity contribution >= 4 is 47.4 Å². The Morgan fingerprint density at radius 3 is 1.05 bits per heavy atom. The summed E-state index contributed by atoms with van der Waals surface area (Å²) in [6.45, 7) is 9.39. The third-order valence-corrected chi connectivity index (χ3v) is 13.3. The van der Waals surface area contributed by atoms with E-state index in [1.807, 2.05) is 23.5 Å². The van der Waals surface area contributed by atoms with Gasteiger partial charge in [0.05, 0.1) is 143 Å². The Labute approximate surface area is 369 Å². The normalized spacial score (nSPS) is 22.7. The van der Waals surface area contributed by atoms with Crippen molar-refractivity contribution in [2.75, 3.05) is 144 Å². The van der Waals surface area contributed by atoms with Gasteiger partial charge in [0.2, 0.25) is 11.8 Å². The molecular weight excluding hydrogens is 837 g/mol. The number of unbranched alkanes of at least 4 members (excludes halogenated alkanes) is 2. The minimum atomic E-state index is -0.0633. The zero-order chi connectivity index (χ0) is 43.0. The topological polar surface area (TPSA) is 224 Å². The fourth-order valence-electron chi connectivity index (χ4n) is 7.11. The van der Waals surface area contributed by atoms with Crippen molar-refractivity contribution in [3.05, 3.63) is 0 Å². The maximum atomic E-state index is 12.1. The van der Waals surface area contributed by atoms with E-state index in [0.29, 0.717) is 155 Å². The molecule has 61 heavy (non-hydrogen) atoms. The van der Waals surface area contributed by atoms with Gasteiger partial charge in [-0.15, -0.1) is 0 Å². The van der Waals surface area contributed by atoms with Crippen LogP contribution in [-0.2, 0) is 52.2 Å². The molecule has 0 radical (unpaired) electrons. The molecule has 352 valence electrons. The molecule has 0 aromatic rings. The first kappa shape index (κ1) is 51.5. The van der Waals surface area contributed by atoms with E-state index in [1.165, 1.54) is 0 Å². The summed E-state index contributed by atoms with van der Waals surface area (Å²) in [6.07, 6.45) is 6.64. The average molecular weight is 909 g/mol. The molecule has 6 amide bonds. The molecule has 6 atom stereocenters. The first-order valence-electron chi connectivity index (χ1n) is 22.1. The lowest BCUT2D eigenvalue weighted by atomic mass is 10.0. The highest BCUT2D eigenvalue weighted by Crippen LogP contribution is 2.34. The molecule has 0 saturated carbocycles. The fourth-order valence-corrected chi connectivity index (χ4v) is 10.2. The van der Waals surface area contributed by atoms with Crippen LogP contribution in [0.1, 0.15) is 51.4 Å². The molecule has 4 heterocycles. The number of nitrogens with one attached hydrogen (secondary N) is 6. The van der Waals surface area contributed by atoms with E-state index in [9.17, 15) is 19.2 Å². The molecule has 4 fully saturated rings. The van der Waals surface area contributed by atoms with Gasteiger partial charge in [-0.3, -0.25) is 9.59 Å². The smallest absolute Gasteiger partial charge is 0.315 e. The van der Waals surface area contributed by atoms with Crippen molar-refractivity contribution in [1.29, 1.82) is 0 Å². The minimum Gasteiger partial charge on any atom is -0.377 e. The number of carbonyl (C=O) groups excluding carboxylic acids is 4. The number of urea groups is 2. The Morgan fingerprint density at radius 2 is 0.738 bits per heavy atom. The van der Waals surface area contributed by atoms with Crippen molar-refractivity contribution in [2.45, 2.75) is 86.0 Å². The van der Waals surface area contributed by atoms with Crippen molar-refractivity contribution in [3.8, 4) is 0 Å². The second-order valence-electron chi connectivity index (χ2n) is 14.9. The summed E-state index contributed by atoms with van der Waals surface area (Å²) < 4.78 is 49.6. The van der Waals surface area contributed by atoms with Gasteiger partial charge in [0, 0.05) is 47.9 Å². The van der Waals surface area contributed by atoms with Crippen LogP contribution in [0.15, 0.2) is 0 Å². The Kier molecular flexibility index (Phi) is 28.1. The van der Waals surface area contributed by atoms with Crippen LogP contribution in [0.4, 0.5) is 9.59 Å². The third kappa shape index (κ3) is 23.4. The van der Waals surface area contributed by atoms with Gasteiger partial charge in [-0.05, 0) is 25.7 Å². The van der Waals surface area contributed by atoms with E-state index in [-0.39, 0.29) is 48.0 Å². The monoisotopic (exact) mass is 908 g/mol. The van der Waals surface area contributed by atoms with Gasteiger partial charge in [-0.2, -0.15) is 23.5 Å². The quantitative estimate of drug-likeness (QED) is 0.0370. The van der Waals surface area contributed by atoms with E-state index in [1.54, 1.807) is 0 Å². The standard InChI is InChI=1S/C40H72N6O13S2/c47-35(7-3-1-5-33-37-31(29-60-33)43-39(49)45-37)41-9-11-51-13-15-53-17-19-55-21-23-57-25-27-59-28-26-58-24-22-56-20-18-54-16-14-52-12-10-42-36(48)8-4-2-6-34-38-32(30-61-34)44-40(50)46-38/h31-34,37-38H,1-30H2,(H,41,47)(H,42,48)(H2,43,45,49)(H2,44,46,50). The van der Waals surface area contributed by atoms with Crippen LogP contribution >= 0.6 is 23.5 Å². The fraction of sp³-hybridized carbons (Fsp3) is 0.900. The first-order chi connectivity index (χ1) is 30.0. The van der Waals surface area contributed by atoms with E-state index in [2.05, 4.69) is 31.9 Å². The zero-order valence-corrected chi connectivity index (χ0v) is 37.4. The maximum Gasteiger partial charge on any atom is 0.315 e. The number of rotatable bonds is 40. The molecule has 4 aliphatic rings. The summed E-state index contributed by atoms with van der Waals surface area (Å²) in [5.41, 5.74) is 0. The van der Waals surface area contributed by atoms with E-state index in [0.717, 1.165) is 50.0 Å². The number of amides is 6. The van der Waals surface area contributed by atoms with Crippen molar-refractivity contribution in [3.63, 3.8) is 0 Å². The molecule has 0 aliphatic carbocycles. The Morgan fingerprint density at radius 1 is 0.443 bits per heavy atom. The number of thioether (sulfide) groups is 2. The summed E-state index contributed by atoms with van der Waals surface area (Å²) in [5.74, 6) is 1.99. The SMILES string of the molecule is O=C(CCCCC1SCC2NC(=O)NC21)NCCOCCOCCOCCOCCOCCOCCOCCOCCOCCNC(=O)CCCCC1SCC2NC(=O)NC21. The lowest BCUT2D eigenvalue weighted by Gasteiger charge is -2.16. The lowest BCUT2D eigenvalue weighted by molar-refractivity contribution is -0.122. The summed E-state index contributed by atoms with van der Waals surface area (Å²) in [6, 6.07) is 0.792. The molecule has 4 aliphatic heterocycles. The molecule has 0 bridgehead atoms. The summed E-state index contributed by atoms with van der Waals surface area (Å²) in [4.78, 5) is 47.1. The van der Waals surface area contributed by atoms with Crippen LogP contribution in [0.2, 0.25) is 0 Å². The summed E-state index contributed by atoms with van der Waals surface area (Å²) in [5, 5.41) is 18.6. The number of hydrogen-bond donors (Lipinski definition) is 6. The van der Waals surface area contributed by atoms with Gasteiger partial charge in [0.15, 0.2) is 0 Å². The first-order valence-corrected chi connectivity index (χ1v) is 24.2. The highest BCUT2D eigenvalue weighted by molar-refractivity contribution is 8.00. The van der Waals surface area contributed by atoms with Gasteiger partial charge >= 0.3 is 12.1 Å². The largest absolute Gasteiger partial charge is 0.377 e. The molecule has 4 saturated heterocycles. The van der Waals surface area contributed by atoms with Crippen LogP contribution in [-0.4, -0.2) is 202 Å². The highest BCUT2D eigenvalue weighted by atomic mass is 32.2. The van der Waals surface area contributed by atoms with E-state index < -0.39 is 0 Å². The molecule has 0 aromatic carbocycles. The predicted molar refractivity (Wildman–Crippen MR) is 231 cm³/mol. The summed E-state index contributed by atoms with van der Waals surface area (Å²) in [7, 11) is 0. The van der Waals surface area contributed by atoms with Gasteiger partial charge in [0.1, 0.15) is 0 Å². The van der Waals surface area contributed by atoms with Gasteiger partial charge in [-0.1, -0.05) is 12.8 Å². The summed E-state index contributed by atoms with van der Waals surface area (Å²) >= 11 is 3.80. The zero-order valence-electron chi connectivity index (χ0n) is 35.8. The third-order valence-electron chi connectivity index (χ3n) is 10.3. The number of ether oxygens (including phenoxy) is 9. The molecule has 0 aromatic heterocycles. The van der Waals surface area contributed by atoms with Crippen LogP contribution in [0.25, 0.3) is 0 Å². The number of carbonyl (C=O) groups is 4. The van der Waals surface area contributed by atoms with E-state index in [4.69, 9.17) is 42.6 Å². The van der Waals surface area contributed by atoms with Crippen molar-refractivity contribution < 1.29 is 61.8 Å². The minimum absolute atomic E-state index is 0.0393. The number of hydrogen-bond acceptors (Lipinski definition) is 15. The average Bonchev–Trinajstić information content (AvgIpc) is 4.02. The lowest BCUT2D eigenvalue weighted by Crippen LogP contribution is -2.36. The second-order valence-corrected chi connectivity index (χ2v) is 17.5. The molecule has 19 nitrogen and oxygen atoms in total. The molecule has 0 spiro atoms. The molecule has 21 heteroatoms. The van der Waals surface area contributed by atoms with Crippen LogP contribution in [0.5, 0.6) is 0 Å². The van der Waals surface area contributed by atoms with Gasteiger partial charge < -0.3 is 74.5 Å². The van der Waals surface area contributed by atoms with E-state index >= 15 is 0 Å². The predicted octanol–water partition coefficient (Wildman–Crippen LogP) is 0.820. The molecule has 6 N–H and O–H groups in total. The molecule has 6 unspecified atom stereocenters. The molecular formula is C40H72N6O13S2. The molecule has 4 rings (SSSR count). The maximum absolute atomic E-state index is 12.1. The second kappa shape index (κ2) is 33.3. The van der Waals surface area contributed by atoms with Gasteiger partial charge in [-0.25, -0.2) is 9.59 Å². The van der Waals surface area contributed by atoms with Gasteiger partial charge in [0.25, 0.3) is 0 Å². The Hall–Kier alpha value is -2.18. The van der Waals surface area contributed by atoms with Crippen LogP contribution in [0, 0.1) is 0 Å².